The van der Waals surface area contributed by atoms with Gasteiger partial charge in [-0.05, 0) is 53.2 Å². The van der Waals surface area contributed by atoms with Crippen LogP contribution >= 0.6 is 15.9 Å². The molecule has 0 saturated carbocycles. The van der Waals surface area contributed by atoms with Crippen molar-refractivity contribution in [3.63, 3.8) is 0 Å². The van der Waals surface area contributed by atoms with E-state index >= 15 is 0 Å². The monoisotopic (exact) mass is 377 g/mol. The number of halogens is 1. The molecule has 0 spiro atoms. The van der Waals surface area contributed by atoms with Gasteiger partial charge >= 0.3 is 5.97 Å². The Morgan fingerprint density at radius 2 is 1.91 bits per heavy atom. The van der Waals surface area contributed by atoms with E-state index in [4.69, 9.17) is 9.47 Å². The number of esters is 1. The molecule has 0 aliphatic carbocycles. The summed E-state index contributed by atoms with van der Waals surface area (Å²) in [5.74, 6) is -0.169. The molecular formula is C17H16BrNO4. The number of rotatable bonds is 5. The lowest BCUT2D eigenvalue weighted by molar-refractivity contribution is 0.0602. The van der Waals surface area contributed by atoms with Crippen molar-refractivity contribution >= 4 is 33.5 Å². The third-order valence-electron chi connectivity index (χ3n) is 3.07. The summed E-state index contributed by atoms with van der Waals surface area (Å²) in [5.41, 5.74) is 1.14. The normalized spacial score (nSPS) is 10.0. The van der Waals surface area contributed by atoms with Gasteiger partial charge in [0, 0.05) is 5.56 Å². The number of carbonyl (C=O) groups is 2. The van der Waals surface area contributed by atoms with Crippen LogP contribution in [0.2, 0.25) is 0 Å². The average molecular weight is 378 g/mol. The van der Waals surface area contributed by atoms with Crippen LogP contribution in [0.3, 0.4) is 0 Å². The second-order valence-corrected chi connectivity index (χ2v) is 5.42. The van der Waals surface area contributed by atoms with Crippen LogP contribution in [0.1, 0.15) is 27.6 Å². The Morgan fingerprint density at radius 3 is 2.57 bits per heavy atom. The van der Waals surface area contributed by atoms with E-state index in [0.717, 1.165) is 0 Å². The Morgan fingerprint density at radius 1 is 1.17 bits per heavy atom. The lowest BCUT2D eigenvalue weighted by atomic mass is 10.1. The number of carbonyl (C=O) groups excluding carboxylic acids is 2. The minimum absolute atomic E-state index is 0.299. The molecule has 0 radical (unpaired) electrons. The molecule has 0 heterocycles. The van der Waals surface area contributed by atoms with E-state index in [1.807, 2.05) is 6.92 Å². The molecule has 2 aromatic rings. The number of anilines is 1. The molecular weight excluding hydrogens is 362 g/mol. The highest BCUT2D eigenvalue weighted by molar-refractivity contribution is 9.10. The van der Waals surface area contributed by atoms with Gasteiger partial charge in [-0.2, -0.15) is 0 Å². The molecule has 1 N–H and O–H groups in total. The smallest absolute Gasteiger partial charge is 0.339 e. The highest BCUT2D eigenvalue weighted by Crippen LogP contribution is 2.26. The average Bonchev–Trinajstić information content (AvgIpc) is 2.56. The van der Waals surface area contributed by atoms with E-state index < -0.39 is 5.97 Å². The van der Waals surface area contributed by atoms with Gasteiger partial charge in [0.1, 0.15) is 5.75 Å². The molecule has 0 unspecified atom stereocenters. The third-order valence-corrected chi connectivity index (χ3v) is 3.69. The van der Waals surface area contributed by atoms with Gasteiger partial charge in [0.2, 0.25) is 0 Å². The van der Waals surface area contributed by atoms with Crippen LogP contribution in [0.15, 0.2) is 46.9 Å². The summed E-state index contributed by atoms with van der Waals surface area (Å²) in [7, 11) is 1.30. The minimum atomic E-state index is -0.506. The van der Waals surface area contributed by atoms with Crippen LogP contribution in [-0.4, -0.2) is 25.6 Å². The molecule has 0 saturated heterocycles. The number of para-hydroxylation sites is 1. The second-order valence-electron chi connectivity index (χ2n) is 4.57. The van der Waals surface area contributed by atoms with Crippen molar-refractivity contribution in [3.05, 3.63) is 58.1 Å². The van der Waals surface area contributed by atoms with Crippen LogP contribution in [0, 0.1) is 0 Å². The fraction of sp³-hybridized carbons (Fsp3) is 0.176. The number of methoxy groups -OCH3 is 1. The maximum absolute atomic E-state index is 12.4. The predicted octanol–water partition coefficient (Wildman–Crippen LogP) is 3.89. The lowest BCUT2D eigenvalue weighted by Gasteiger charge is -2.11. The summed E-state index contributed by atoms with van der Waals surface area (Å²) >= 11 is 3.37. The third kappa shape index (κ3) is 4.10. The van der Waals surface area contributed by atoms with Gasteiger partial charge < -0.3 is 14.8 Å². The summed E-state index contributed by atoms with van der Waals surface area (Å²) in [6.45, 7) is 2.42. The van der Waals surface area contributed by atoms with E-state index in [1.54, 1.807) is 42.5 Å². The Labute approximate surface area is 142 Å². The summed E-state index contributed by atoms with van der Waals surface area (Å²) in [6.07, 6.45) is 0. The van der Waals surface area contributed by atoms with Gasteiger partial charge in [-0.15, -0.1) is 0 Å². The van der Waals surface area contributed by atoms with Crippen molar-refractivity contribution < 1.29 is 19.1 Å². The zero-order chi connectivity index (χ0) is 16.8. The SMILES string of the molecule is CCOc1ccc(C(=O)Nc2ccccc2C(=O)OC)cc1Br. The Hall–Kier alpha value is -2.34. The summed E-state index contributed by atoms with van der Waals surface area (Å²) in [4.78, 5) is 24.1. The molecule has 0 fully saturated rings. The zero-order valence-electron chi connectivity index (χ0n) is 12.8. The molecule has 0 atom stereocenters. The fourth-order valence-corrected chi connectivity index (χ4v) is 2.48. The molecule has 5 nitrogen and oxygen atoms in total. The largest absolute Gasteiger partial charge is 0.493 e. The maximum atomic E-state index is 12.4. The summed E-state index contributed by atoms with van der Waals surface area (Å²) in [5, 5.41) is 2.72. The van der Waals surface area contributed by atoms with Crippen molar-refractivity contribution in [2.24, 2.45) is 0 Å². The van der Waals surface area contributed by atoms with E-state index in [9.17, 15) is 9.59 Å². The van der Waals surface area contributed by atoms with Gasteiger partial charge in [-0.1, -0.05) is 12.1 Å². The van der Waals surface area contributed by atoms with Crippen molar-refractivity contribution in [2.75, 3.05) is 19.0 Å². The van der Waals surface area contributed by atoms with Crippen LogP contribution in [0.5, 0.6) is 5.75 Å². The number of amides is 1. The Bertz CT molecular complexity index is 730. The van der Waals surface area contributed by atoms with Crippen molar-refractivity contribution in [1.29, 1.82) is 0 Å². The van der Waals surface area contributed by atoms with Crippen LogP contribution in [0.25, 0.3) is 0 Å². The first-order valence-electron chi connectivity index (χ1n) is 6.97. The summed E-state index contributed by atoms with van der Waals surface area (Å²) < 4.78 is 10.8. The minimum Gasteiger partial charge on any atom is -0.493 e. The molecule has 2 rings (SSSR count). The van der Waals surface area contributed by atoms with Crippen molar-refractivity contribution in [1.82, 2.24) is 0 Å². The predicted molar refractivity (Wildman–Crippen MR) is 91.0 cm³/mol. The number of hydrogen-bond donors (Lipinski definition) is 1. The Balaban J connectivity index is 2.23. The number of ether oxygens (including phenoxy) is 2. The number of benzene rings is 2. The zero-order valence-corrected chi connectivity index (χ0v) is 14.3. The van der Waals surface area contributed by atoms with Gasteiger partial charge in [0.15, 0.2) is 0 Å². The molecule has 6 heteroatoms. The van der Waals surface area contributed by atoms with Crippen LogP contribution in [-0.2, 0) is 4.74 Å². The first-order chi connectivity index (χ1) is 11.1. The molecule has 0 aliphatic rings. The van der Waals surface area contributed by atoms with Crippen LogP contribution < -0.4 is 10.1 Å². The number of nitrogens with one attached hydrogen (secondary N) is 1. The van der Waals surface area contributed by atoms with Crippen molar-refractivity contribution in [2.45, 2.75) is 6.92 Å². The highest BCUT2D eigenvalue weighted by atomic mass is 79.9. The van der Waals surface area contributed by atoms with Gasteiger partial charge in [0.05, 0.1) is 29.4 Å². The van der Waals surface area contributed by atoms with Gasteiger partial charge in [-0.25, -0.2) is 4.79 Å². The molecule has 0 aliphatic heterocycles. The first-order valence-corrected chi connectivity index (χ1v) is 7.77. The molecule has 0 aromatic heterocycles. The van der Waals surface area contributed by atoms with Gasteiger partial charge in [-0.3, -0.25) is 4.79 Å². The highest BCUT2D eigenvalue weighted by Gasteiger charge is 2.15. The van der Waals surface area contributed by atoms with Gasteiger partial charge in [0.25, 0.3) is 5.91 Å². The van der Waals surface area contributed by atoms with Crippen molar-refractivity contribution in [3.8, 4) is 5.75 Å². The first kappa shape index (κ1) is 17.0. The molecule has 1 amide bonds. The molecule has 2 aromatic carbocycles. The van der Waals surface area contributed by atoms with E-state index in [1.165, 1.54) is 7.11 Å². The quantitative estimate of drug-likeness (QED) is 0.802. The fourth-order valence-electron chi connectivity index (χ4n) is 1.99. The van der Waals surface area contributed by atoms with E-state index in [-0.39, 0.29) is 5.91 Å². The number of hydrogen-bond acceptors (Lipinski definition) is 4. The second kappa shape index (κ2) is 7.78. The molecule has 23 heavy (non-hydrogen) atoms. The molecule has 0 bridgehead atoms. The van der Waals surface area contributed by atoms with E-state index in [0.29, 0.717) is 33.6 Å². The summed E-state index contributed by atoms with van der Waals surface area (Å²) in [6, 6.07) is 11.7. The van der Waals surface area contributed by atoms with Crippen LogP contribution in [0.4, 0.5) is 5.69 Å². The lowest BCUT2D eigenvalue weighted by Crippen LogP contribution is -2.15. The standard InChI is InChI=1S/C17H16BrNO4/c1-3-23-15-9-8-11(10-13(15)18)16(20)19-14-7-5-4-6-12(14)17(21)22-2/h4-10H,3H2,1-2H3,(H,19,20). The Kier molecular flexibility index (Phi) is 5.76. The molecule has 120 valence electrons. The van der Waals surface area contributed by atoms with E-state index in [2.05, 4.69) is 21.2 Å². The topological polar surface area (TPSA) is 64.6 Å². The maximum Gasteiger partial charge on any atom is 0.339 e.